The third-order valence-electron chi connectivity index (χ3n) is 3.73. The number of aliphatic hydroxyl groups is 1. The number of carboxylic acid groups (broad SMARTS) is 1. The summed E-state index contributed by atoms with van der Waals surface area (Å²) in [5.74, 6) is 0.740. The number of carbonyl (C=O) groups is 1. The van der Waals surface area contributed by atoms with Gasteiger partial charge >= 0.3 is 5.97 Å². The van der Waals surface area contributed by atoms with Crippen LogP contribution >= 0.6 is 11.8 Å². The molecule has 1 saturated heterocycles. The molecule has 4 heteroatoms. The van der Waals surface area contributed by atoms with Gasteiger partial charge in [0.25, 0.3) is 0 Å². The molecular formula is C11H20O3S. The lowest BCUT2D eigenvalue weighted by Gasteiger charge is -2.45. The van der Waals surface area contributed by atoms with Gasteiger partial charge in [-0.2, -0.15) is 11.8 Å². The van der Waals surface area contributed by atoms with E-state index in [9.17, 15) is 15.0 Å². The van der Waals surface area contributed by atoms with Gasteiger partial charge < -0.3 is 10.2 Å². The van der Waals surface area contributed by atoms with Crippen LogP contribution in [-0.2, 0) is 4.79 Å². The first-order valence-corrected chi connectivity index (χ1v) is 6.71. The minimum Gasteiger partial charge on any atom is -0.481 e. The summed E-state index contributed by atoms with van der Waals surface area (Å²) in [4.78, 5) is 11.4. The van der Waals surface area contributed by atoms with Crippen molar-refractivity contribution in [3.05, 3.63) is 0 Å². The Bertz CT molecular complexity index is 230. The van der Waals surface area contributed by atoms with Crippen LogP contribution in [0.15, 0.2) is 0 Å². The van der Waals surface area contributed by atoms with Crippen LogP contribution in [0.2, 0.25) is 0 Å². The van der Waals surface area contributed by atoms with Crippen molar-refractivity contribution >= 4 is 17.7 Å². The minimum absolute atomic E-state index is 0.496. The van der Waals surface area contributed by atoms with Crippen LogP contribution in [0.3, 0.4) is 0 Å². The predicted octanol–water partition coefficient (Wildman–Crippen LogP) is 2.14. The molecule has 0 radical (unpaired) electrons. The van der Waals surface area contributed by atoms with Gasteiger partial charge in [0.2, 0.25) is 0 Å². The SMILES string of the molecule is CCC(CC)(C(=O)O)C1(O)CCCSC1. The summed E-state index contributed by atoms with van der Waals surface area (Å²) in [6, 6.07) is 0. The van der Waals surface area contributed by atoms with Crippen molar-refractivity contribution in [1.82, 2.24) is 0 Å². The monoisotopic (exact) mass is 232 g/mol. The van der Waals surface area contributed by atoms with Gasteiger partial charge in [0, 0.05) is 5.75 Å². The van der Waals surface area contributed by atoms with Crippen molar-refractivity contribution in [2.24, 2.45) is 5.41 Å². The van der Waals surface area contributed by atoms with E-state index in [1.54, 1.807) is 11.8 Å². The molecule has 0 aromatic heterocycles. The number of hydrogen-bond acceptors (Lipinski definition) is 3. The summed E-state index contributed by atoms with van der Waals surface area (Å²) in [6.45, 7) is 3.71. The first-order chi connectivity index (χ1) is 7.02. The van der Waals surface area contributed by atoms with Gasteiger partial charge in [0.15, 0.2) is 0 Å². The second-order valence-corrected chi connectivity index (χ2v) is 5.39. The maximum Gasteiger partial charge on any atom is 0.312 e. The zero-order chi connectivity index (χ0) is 11.5. The van der Waals surface area contributed by atoms with Crippen LogP contribution in [0.4, 0.5) is 0 Å². The smallest absolute Gasteiger partial charge is 0.312 e. The molecule has 0 amide bonds. The second-order valence-electron chi connectivity index (χ2n) is 4.28. The molecule has 1 rings (SSSR count). The summed E-state index contributed by atoms with van der Waals surface area (Å²) in [5, 5.41) is 19.9. The molecule has 0 bridgehead atoms. The Hall–Kier alpha value is -0.220. The fourth-order valence-corrected chi connectivity index (χ4v) is 3.82. The Labute approximate surface area is 95.3 Å². The lowest BCUT2D eigenvalue weighted by atomic mass is 9.67. The van der Waals surface area contributed by atoms with E-state index >= 15 is 0 Å². The Morgan fingerprint density at radius 3 is 2.40 bits per heavy atom. The molecule has 0 aliphatic carbocycles. The van der Waals surface area contributed by atoms with Gasteiger partial charge in [-0.05, 0) is 31.4 Å². The van der Waals surface area contributed by atoms with Gasteiger partial charge in [-0.15, -0.1) is 0 Å². The largest absolute Gasteiger partial charge is 0.481 e. The molecule has 1 atom stereocenters. The lowest BCUT2D eigenvalue weighted by Crippen LogP contribution is -2.55. The lowest BCUT2D eigenvalue weighted by molar-refractivity contribution is -0.169. The van der Waals surface area contributed by atoms with Crippen molar-refractivity contribution in [1.29, 1.82) is 0 Å². The Morgan fingerprint density at radius 1 is 1.47 bits per heavy atom. The Morgan fingerprint density at radius 2 is 2.07 bits per heavy atom. The molecular weight excluding hydrogens is 212 g/mol. The van der Waals surface area contributed by atoms with Gasteiger partial charge in [-0.3, -0.25) is 4.79 Å². The zero-order valence-electron chi connectivity index (χ0n) is 9.45. The molecule has 1 fully saturated rings. The predicted molar refractivity (Wildman–Crippen MR) is 62.2 cm³/mol. The molecule has 3 nitrogen and oxygen atoms in total. The number of aliphatic carboxylic acids is 1. The van der Waals surface area contributed by atoms with Gasteiger partial charge in [-0.1, -0.05) is 13.8 Å². The van der Waals surface area contributed by atoms with Crippen LogP contribution in [0.25, 0.3) is 0 Å². The summed E-state index contributed by atoms with van der Waals surface area (Å²) < 4.78 is 0. The van der Waals surface area contributed by atoms with E-state index in [1.165, 1.54) is 0 Å². The molecule has 1 aliphatic heterocycles. The fourth-order valence-electron chi connectivity index (χ4n) is 2.57. The van der Waals surface area contributed by atoms with E-state index in [-0.39, 0.29) is 0 Å². The third kappa shape index (κ3) is 2.02. The summed E-state index contributed by atoms with van der Waals surface area (Å²) >= 11 is 1.66. The highest BCUT2D eigenvalue weighted by molar-refractivity contribution is 7.99. The number of rotatable bonds is 4. The highest BCUT2D eigenvalue weighted by atomic mass is 32.2. The standard InChI is InChI=1S/C11H20O3S/c1-3-10(4-2,9(12)13)11(14)6-5-7-15-8-11/h14H,3-8H2,1-2H3,(H,12,13). The topological polar surface area (TPSA) is 57.5 Å². The van der Waals surface area contributed by atoms with Crippen molar-refractivity contribution < 1.29 is 15.0 Å². The highest BCUT2D eigenvalue weighted by Gasteiger charge is 2.53. The summed E-state index contributed by atoms with van der Waals surface area (Å²) in [5.41, 5.74) is -1.98. The maximum atomic E-state index is 11.4. The van der Waals surface area contributed by atoms with Crippen LogP contribution in [-0.4, -0.2) is 33.3 Å². The van der Waals surface area contributed by atoms with Crippen LogP contribution in [0, 0.1) is 5.41 Å². The van der Waals surface area contributed by atoms with Gasteiger partial charge in [-0.25, -0.2) is 0 Å². The molecule has 88 valence electrons. The van der Waals surface area contributed by atoms with E-state index in [0.29, 0.717) is 25.0 Å². The van der Waals surface area contributed by atoms with Gasteiger partial charge in [0.1, 0.15) is 0 Å². The fraction of sp³-hybridized carbons (Fsp3) is 0.909. The van der Waals surface area contributed by atoms with Gasteiger partial charge in [0.05, 0.1) is 11.0 Å². The van der Waals surface area contributed by atoms with Crippen molar-refractivity contribution in [3.63, 3.8) is 0 Å². The second kappa shape index (κ2) is 4.74. The van der Waals surface area contributed by atoms with Crippen LogP contribution in [0.5, 0.6) is 0 Å². The molecule has 0 aromatic rings. The van der Waals surface area contributed by atoms with E-state index in [2.05, 4.69) is 0 Å². The first-order valence-electron chi connectivity index (χ1n) is 5.56. The van der Waals surface area contributed by atoms with E-state index < -0.39 is 17.0 Å². The van der Waals surface area contributed by atoms with E-state index in [4.69, 9.17) is 0 Å². The number of carboxylic acids is 1. The Balaban J connectivity index is 3.00. The molecule has 0 saturated carbocycles. The number of thioether (sulfide) groups is 1. The van der Waals surface area contributed by atoms with Crippen molar-refractivity contribution in [2.45, 2.75) is 45.1 Å². The third-order valence-corrected chi connectivity index (χ3v) is 4.99. The minimum atomic E-state index is -1.02. The quantitative estimate of drug-likeness (QED) is 0.779. The van der Waals surface area contributed by atoms with Crippen LogP contribution < -0.4 is 0 Å². The summed E-state index contributed by atoms with van der Waals surface area (Å²) in [6.07, 6.45) is 2.52. The molecule has 2 N–H and O–H groups in total. The molecule has 1 unspecified atom stereocenters. The molecule has 0 aromatic carbocycles. The molecule has 1 aliphatic rings. The maximum absolute atomic E-state index is 11.4. The average Bonchev–Trinajstić information content (AvgIpc) is 2.20. The average molecular weight is 232 g/mol. The zero-order valence-corrected chi connectivity index (χ0v) is 10.3. The Kier molecular flexibility index (Phi) is 4.06. The summed E-state index contributed by atoms with van der Waals surface area (Å²) in [7, 11) is 0. The van der Waals surface area contributed by atoms with E-state index in [1.807, 2.05) is 13.8 Å². The van der Waals surface area contributed by atoms with E-state index in [0.717, 1.165) is 12.2 Å². The first kappa shape index (κ1) is 12.8. The number of hydrogen-bond donors (Lipinski definition) is 2. The highest BCUT2D eigenvalue weighted by Crippen LogP contribution is 2.45. The molecule has 0 spiro atoms. The van der Waals surface area contributed by atoms with Crippen molar-refractivity contribution in [2.75, 3.05) is 11.5 Å². The normalized spacial score (nSPS) is 27.7. The molecule has 1 heterocycles. The van der Waals surface area contributed by atoms with Crippen LogP contribution in [0.1, 0.15) is 39.5 Å². The van der Waals surface area contributed by atoms with Crippen molar-refractivity contribution in [3.8, 4) is 0 Å². The molecule has 15 heavy (non-hydrogen) atoms.